The van der Waals surface area contributed by atoms with Crippen LogP contribution in [0.5, 0.6) is 0 Å². The Labute approximate surface area is 154 Å². The summed E-state index contributed by atoms with van der Waals surface area (Å²) in [6, 6.07) is 3.97. The van der Waals surface area contributed by atoms with Crippen LogP contribution >= 0.6 is 11.6 Å². The predicted octanol–water partition coefficient (Wildman–Crippen LogP) is 2.07. The quantitative estimate of drug-likeness (QED) is 0.858. The molecule has 0 aliphatic carbocycles. The molecule has 0 spiro atoms. The lowest BCUT2D eigenvalue weighted by molar-refractivity contribution is -0.122. The highest BCUT2D eigenvalue weighted by atomic mass is 35.5. The molecule has 2 aromatic rings. The van der Waals surface area contributed by atoms with Crippen LogP contribution in [-0.2, 0) is 16.1 Å². The number of ether oxygens (including phenoxy) is 1. The number of benzene rings is 1. The molecule has 2 heterocycles. The van der Waals surface area contributed by atoms with Gasteiger partial charge >= 0.3 is 5.69 Å². The van der Waals surface area contributed by atoms with Crippen LogP contribution in [0.3, 0.4) is 0 Å². The summed E-state index contributed by atoms with van der Waals surface area (Å²) in [5.74, 6) is -0.927. The van der Waals surface area contributed by atoms with E-state index >= 15 is 0 Å². The number of nitrogens with zero attached hydrogens (tertiary/aromatic N) is 3. The molecule has 7 nitrogen and oxygen atoms in total. The zero-order valence-corrected chi connectivity index (χ0v) is 15.1. The molecule has 0 saturated carbocycles. The average Bonchev–Trinajstić information content (AvgIpc) is 2.98. The summed E-state index contributed by atoms with van der Waals surface area (Å²) in [5, 5.41) is 6.78. The van der Waals surface area contributed by atoms with Crippen LogP contribution < -0.4 is 11.0 Å². The number of nitrogens with one attached hydrogen (secondary N) is 1. The van der Waals surface area contributed by atoms with Crippen LogP contribution in [0.15, 0.2) is 29.3 Å². The smallest absolute Gasteiger partial charge is 0.346 e. The molecular formula is C17H20ClFN4O3. The van der Waals surface area contributed by atoms with Crippen molar-refractivity contribution in [3.63, 3.8) is 0 Å². The van der Waals surface area contributed by atoms with Crippen LogP contribution in [-0.4, -0.2) is 33.5 Å². The summed E-state index contributed by atoms with van der Waals surface area (Å²) < 4.78 is 21.5. The standard InChI is InChI=1S/C17H20ClFN4O3/c1-11(12-2-3-14(18)15(19)8-12)21-16(24)9-23-17(25)22(10-20-23)13-4-6-26-7-5-13/h2-3,8,10-11,13H,4-7,9H2,1H3,(H,21,24)/t11-/m0/s1. The summed E-state index contributed by atoms with van der Waals surface area (Å²) in [7, 11) is 0. The molecule has 26 heavy (non-hydrogen) atoms. The number of aromatic nitrogens is 3. The average molecular weight is 383 g/mol. The predicted molar refractivity (Wildman–Crippen MR) is 93.5 cm³/mol. The first kappa shape index (κ1) is 18.6. The van der Waals surface area contributed by atoms with E-state index < -0.39 is 11.9 Å². The van der Waals surface area contributed by atoms with E-state index in [9.17, 15) is 14.0 Å². The first-order valence-corrected chi connectivity index (χ1v) is 8.79. The molecule has 1 amide bonds. The zero-order chi connectivity index (χ0) is 18.7. The van der Waals surface area contributed by atoms with E-state index in [-0.39, 0.29) is 29.2 Å². The number of amides is 1. The molecule has 9 heteroatoms. The SMILES string of the molecule is C[C@H](NC(=O)Cn1ncn(C2CCOCC2)c1=O)c1ccc(Cl)c(F)c1. The van der Waals surface area contributed by atoms with Crippen LogP contribution in [0.1, 0.15) is 37.4 Å². The van der Waals surface area contributed by atoms with E-state index in [0.717, 1.165) is 17.5 Å². The molecular weight excluding hydrogens is 363 g/mol. The van der Waals surface area contributed by atoms with Crippen molar-refractivity contribution >= 4 is 17.5 Å². The highest BCUT2D eigenvalue weighted by Gasteiger charge is 2.20. The lowest BCUT2D eigenvalue weighted by atomic mass is 10.1. The van der Waals surface area contributed by atoms with Gasteiger partial charge in [-0.25, -0.2) is 13.9 Å². The molecule has 1 aromatic carbocycles. The highest BCUT2D eigenvalue weighted by Crippen LogP contribution is 2.20. The zero-order valence-electron chi connectivity index (χ0n) is 14.3. The molecule has 1 aliphatic heterocycles. The van der Waals surface area contributed by atoms with Gasteiger partial charge in [-0.3, -0.25) is 9.36 Å². The molecule has 140 valence electrons. The van der Waals surface area contributed by atoms with Crippen molar-refractivity contribution < 1.29 is 13.9 Å². The van der Waals surface area contributed by atoms with Gasteiger partial charge in [0.05, 0.1) is 11.1 Å². The Morgan fingerprint density at radius 1 is 1.46 bits per heavy atom. The molecule has 1 saturated heterocycles. The first-order valence-electron chi connectivity index (χ1n) is 8.41. The van der Waals surface area contributed by atoms with Crippen LogP contribution in [0.2, 0.25) is 5.02 Å². The minimum absolute atomic E-state index is 0.0254. The van der Waals surface area contributed by atoms with Gasteiger partial charge in [0.2, 0.25) is 5.91 Å². The van der Waals surface area contributed by atoms with E-state index in [4.69, 9.17) is 16.3 Å². The van der Waals surface area contributed by atoms with E-state index in [1.165, 1.54) is 18.5 Å². The Bertz CT molecular complexity index is 845. The fourth-order valence-electron chi connectivity index (χ4n) is 2.96. The lowest BCUT2D eigenvalue weighted by Crippen LogP contribution is -2.36. The minimum Gasteiger partial charge on any atom is -0.381 e. The minimum atomic E-state index is -0.545. The number of carbonyl (C=O) groups excluding carboxylic acids is 1. The van der Waals surface area contributed by atoms with E-state index in [1.54, 1.807) is 17.6 Å². The summed E-state index contributed by atoms with van der Waals surface area (Å²) >= 11 is 5.66. The van der Waals surface area contributed by atoms with Gasteiger partial charge in [-0.2, -0.15) is 5.10 Å². The van der Waals surface area contributed by atoms with Crippen LogP contribution in [0.4, 0.5) is 4.39 Å². The fraction of sp³-hybridized carbons (Fsp3) is 0.471. The summed E-state index contributed by atoms with van der Waals surface area (Å²) in [5.41, 5.74) is 0.262. The second kappa shape index (κ2) is 8.01. The van der Waals surface area contributed by atoms with Gasteiger partial charge in [-0.1, -0.05) is 17.7 Å². The number of carbonyl (C=O) groups is 1. The molecule has 1 fully saturated rings. The Morgan fingerprint density at radius 2 is 2.19 bits per heavy atom. The molecule has 0 unspecified atom stereocenters. The number of rotatable bonds is 5. The van der Waals surface area contributed by atoms with Crippen molar-refractivity contribution in [2.24, 2.45) is 0 Å². The molecule has 1 atom stereocenters. The van der Waals surface area contributed by atoms with Gasteiger partial charge in [0.1, 0.15) is 18.7 Å². The maximum Gasteiger partial charge on any atom is 0.346 e. The van der Waals surface area contributed by atoms with Gasteiger partial charge in [0, 0.05) is 19.3 Å². The van der Waals surface area contributed by atoms with E-state index in [2.05, 4.69) is 10.4 Å². The van der Waals surface area contributed by atoms with Crippen molar-refractivity contribution in [1.82, 2.24) is 19.7 Å². The van der Waals surface area contributed by atoms with E-state index in [1.807, 2.05) is 0 Å². The molecule has 1 N–H and O–H groups in total. The molecule has 3 rings (SSSR count). The second-order valence-electron chi connectivity index (χ2n) is 6.28. The second-order valence-corrected chi connectivity index (χ2v) is 6.69. The number of hydrogen-bond acceptors (Lipinski definition) is 4. The molecule has 1 aromatic heterocycles. The van der Waals surface area contributed by atoms with Gasteiger partial charge in [0.15, 0.2) is 0 Å². The topological polar surface area (TPSA) is 78.2 Å². The summed E-state index contributed by atoms with van der Waals surface area (Å²) in [4.78, 5) is 24.6. The Balaban J connectivity index is 1.63. The molecule has 1 aliphatic rings. The Kier molecular flexibility index (Phi) is 5.73. The van der Waals surface area contributed by atoms with Crippen LogP contribution in [0.25, 0.3) is 0 Å². The summed E-state index contributed by atoms with van der Waals surface area (Å²) in [6.45, 7) is 2.75. The van der Waals surface area contributed by atoms with Gasteiger partial charge < -0.3 is 10.1 Å². The van der Waals surface area contributed by atoms with Crippen molar-refractivity contribution in [2.75, 3.05) is 13.2 Å². The van der Waals surface area contributed by atoms with Crippen LogP contribution in [0, 0.1) is 5.82 Å². The Hall–Kier alpha value is -2.19. The third-order valence-electron chi connectivity index (χ3n) is 4.46. The van der Waals surface area contributed by atoms with Gasteiger partial charge in [-0.15, -0.1) is 0 Å². The Morgan fingerprint density at radius 3 is 2.88 bits per heavy atom. The first-order chi connectivity index (χ1) is 12.5. The number of hydrogen-bond donors (Lipinski definition) is 1. The lowest BCUT2D eigenvalue weighted by Gasteiger charge is -2.21. The molecule has 0 radical (unpaired) electrons. The van der Waals surface area contributed by atoms with Gasteiger partial charge in [0.25, 0.3) is 0 Å². The normalized spacial score (nSPS) is 16.4. The molecule has 0 bridgehead atoms. The van der Waals surface area contributed by atoms with Crippen molar-refractivity contribution in [2.45, 2.75) is 38.4 Å². The highest BCUT2D eigenvalue weighted by molar-refractivity contribution is 6.30. The summed E-state index contributed by atoms with van der Waals surface area (Å²) in [6.07, 6.45) is 2.96. The third kappa shape index (κ3) is 4.13. The maximum atomic E-state index is 13.5. The van der Waals surface area contributed by atoms with Crippen molar-refractivity contribution in [3.8, 4) is 0 Å². The largest absolute Gasteiger partial charge is 0.381 e. The van der Waals surface area contributed by atoms with Gasteiger partial charge in [-0.05, 0) is 37.5 Å². The maximum absolute atomic E-state index is 13.5. The number of halogens is 2. The monoisotopic (exact) mass is 382 g/mol. The van der Waals surface area contributed by atoms with Crippen molar-refractivity contribution in [1.29, 1.82) is 0 Å². The van der Waals surface area contributed by atoms with Crippen molar-refractivity contribution in [3.05, 3.63) is 51.4 Å². The van der Waals surface area contributed by atoms with E-state index in [0.29, 0.717) is 18.8 Å². The third-order valence-corrected chi connectivity index (χ3v) is 4.76. The fourth-order valence-corrected chi connectivity index (χ4v) is 3.08.